The second kappa shape index (κ2) is 9.56. The molecule has 1 aliphatic heterocycles. The van der Waals surface area contributed by atoms with Crippen LogP contribution in [-0.4, -0.2) is 53.6 Å². The molecule has 8 heteroatoms. The fraction of sp³-hybridized carbons (Fsp3) is 0.545. The summed E-state index contributed by atoms with van der Waals surface area (Å²) in [6.45, 7) is 6.33. The maximum absolute atomic E-state index is 12.9. The fourth-order valence-corrected chi connectivity index (χ4v) is 4.35. The first kappa shape index (κ1) is 22.9. The molecule has 1 saturated carbocycles. The standard InChI is InChI=1S/C22H28F3N3OS/c1-15(17-6-5-7-18(14-17)22(23,24)25)26-16(2)20(30)21(29)28-12-10-27(11-13-28)19-8-3-4-9-19/h5-7,14,19,30H,3-4,8-13H2,1-2H3/b20-16-,26-15?. The lowest BCUT2D eigenvalue weighted by Gasteiger charge is -2.38. The minimum absolute atomic E-state index is 0.178. The van der Waals surface area contributed by atoms with Crippen LogP contribution in [0.15, 0.2) is 39.9 Å². The third kappa shape index (κ3) is 5.46. The Labute approximate surface area is 181 Å². The number of aliphatic imine (C=N–C) groups is 1. The first-order chi connectivity index (χ1) is 14.2. The molecule has 1 saturated heterocycles. The van der Waals surface area contributed by atoms with Gasteiger partial charge in [-0.2, -0.15) is 13.2 Å². The third-order valence-electron chi connectivity index (χ3n) is 5.93. The molecule has 30 heavy (non-hydrogen) atoms. The van der Waals surface area contributed by atoms with Gasteiger partial charge in [-0.3, -0.25) is 14.7 Å². The lowest BCUT2D eigenvalue weighted by molar-refractivity contribution is -0.137. The summed E-state index contributed by atoms with van der Waals surface area (Å²) in [6.07, 6.45) is 0.653. The molecule has 1 aliphatic carbocycles. The van der Waals surface area contributed by atoms with Crippen LogP contribution in [0, 0.1) is 0 Å². The molecule has 0 N–H and O–H groups in total. The topological polar surface area (TPSA) is 35.9 Å². The second-order valence-electron chi connectivity index (χ2n) is 7.98. The highest BCUT2D eigenvalue weighted by atomic mass is 32.1. The Bertz CT molecular complexity index is 836. The molecular formula is C22H28F3N3OS. The highest BCUT2D eigenvalue weighted by Crippen LogP contribution is 2.30. The predicted molar refractivity (Wildman–Crippen MR) is 116 cm³/mol. The van der Waals surface area contributed by atoms with Gasteiger partial charge < -0.3 is 4.90 Å². The van der Waals surface area contributed by atoms with Crippen LogP contribution in [0.2, 0.25) is 0 Å². The number of nitrogens with zero attached hydrogens (tertiary/aromatic N) is 3. The van der Waals surface area contributed by atoms with Gasteiger partial charge in [0, 0.05) is 37.9 Å². The van der Waals surface area contributed by atoms with E-state index in [1.54, 1.807) is 24.8 Å². The Morgan fingerprint density at radius 3 is 2.33 bits per heavy atom. The van der Waals surface area contributed by atoms with Gasteiger partial charge in [0.25, 0.3) is 5.91 Å². The zero-order valence-electron chi connectivity index (χ0n) is 17.4. The van der Waals surface area contributed by atoms with Gasteiger partial charge in [0.15, 0.2) is 0 Å². The van der Waals surface area contributed by atoms with Gasteiger partial charge in [-0.05, 0) is 44.4 Å². The largest absolute Gasteiger partial charge is 0.416 e. The number of benzene rings is 1. The molecule has 4 nitrogen and oxygen atoms in total. The van der Waals surface area contributed by atoms with E-state index >= 15 is 0 Å². The number of carbonyl (C=O) groups excluding carboxylic acids is 1. The lowest BCUT2D eigenvalue weighted by Crippen LogP contribution is -2.51. The number of hydrogen-bond donors (Lipinski definition) is 1. The zero-order chi connectivity index (χ0) is 21.9. The van der Waals surface area contributed by atoms with E-state index in [0.717, 1.165) is 25.2 Å². The summed E-state index contributed by atoms with van der Waals surface area (Å²) >= 11 is 4.38. The summed E-state index contributed by atoms with van der Waals surface area (Å²) in [5.74, 6) is -0.178. The quantitative estimate of drug-likeness (QED) is 0.417. The van der Waals surface area contributed by atoms with E-state index in [1.807, 2.05) is 0 Å². The summed E-state index contributed by atoms with van der Waals surface area (Å²) in [5, 5.41) is 0. The van der Waals surface area contributed by atoms with Gasteiger partial charge >= 0.3 is 6.18 Å². The molecule has 1 aromatic rings. The van der Waals surface area contributed by atoms with Crippen molar-refractivity contribution in [1.29, 1.82) is 0 Å². The second-order valence-corrected chi connectivity index (χ2v) is 8.42. The minimum Gasteiger partial charge on any atom is -0.336 e. The highest BCUT2D eigenvalue weighted by Gasteiger charge is 2.31. The van der Waals surface area contributed by atoms with E-state index in [0.29, 0.717) is 36.1 Å². The summed E-state index contributed by atoms with van der Waals surface area (Å²) in [4.78, 5) is 21.7. The normalized spacial score (nSPS) is 20.5. The van der Waals surface area contributed by atoms with Crippen molar-refractivity contribution in [3.63, 3.8) is 0 Å². The van der Waals surface area contributed by atoms with E-state index in [-0.39, 0.29) is 10.8 Å². The van der Waals surface area contributed by atoms with E-state index in [1.165, 1.54) is 31.7 Å². The number of carbonyl (C=O) groups is 1. The molecule has 0 aromatic heterocycles. The van der Waals surface area contributed by atoms with Crippen molar-refractivity contribution in [2.45, 2.75) is 51.7 Å². The number of hydrogen-bond acceptors (Lipinski definition) is 4. The Kier molecular flexibility index (Phi) is 7.29. The smallest absolute Gasteiger partial charge is 0.336 e. The molecular weight excluding hydrogens is 411 g/mol. The van der Waals surface area contributed by atoms with Crippen molar-refractivity contribution in [2.75, 3.05) is 26.2 Å². The summed E-state index contributed by atoms with van der Waals surface area (Å²) in [6, 6.07) is 5.66. The van der Waals surface area contributed by atoms with Crippen LogP contribution in [0.1, 0.15) is 50.7 Å². The van der Waals surface area contributed by atoms with Crippen LogP contribution >= 0.6 is 12.6 Å². The molecule has 0 spiro atoms. The van der Waals surface area contributed by atoms with Crippen molar-refractivity contribution in [3.05, 3.63) is 46.0 Å². The van der Waals surface area contributed by atoms with E-state index in [2.05, 4.69) is 22.5 Å². The van der Waals surface area contributed by atoms with Crippen LogP contribution in [0.5, 0.6) is 0 Å². The fourth-order valence-electron chi connectivity index (χ4n) is 4.15. The molecule has 1 amide bonds. The molecule has 1 aromatic carbocycles. The summed E-state index contributed by atoms with van der Waals surface area (Å²) < 4.78 is 38.8. The molecule has 2 aliphatic rings. The predicted octanol–water partition coefficient (Wildman–Crippen LogP) is 4.76. The van der Waals surface area contributed by atoms with Gasteiger partial charge in [0.2, 0.25) is 0 Å². The number of rotatable bonds is 4. The van der Waals surface area contributed by atoms with Crippen molar-refractivity contribution in [2.24, 2.45) is 4.99 Å². The number of amides is 1. The number of alkyl halides is 3. The highest BCUT2D eigenvalue weighted by molar-refractivity contribution is 7.85. The van der Waals surface area contributed by atoms with Gasteiger partial charge in [-0.15, -0.1) is 12.6 Å². The van der Waals surface area contributed by atoms with Crippen LogP contribution in [0.25, 0.3) is 0 Å². The minimum atomic E-state index is -4.41. The molecule has 0 radical (unpaired) electrons. The van der Waals surface area contributed by atoms with Crippen molar-refractivity contribution >= 4 is 24.2 Å². The van der Waals surface area contributed by atoms with Crippen LogP contribution in [-0.2, 0) is 11.0 Å². The van der Waals surface area contributed by atoms with E-state index < -0.39 is 11.7 Å². The zero-order valence-corrected chi connectivity index (χ0v) is 18.3. The van der Waals surface area contributed by atoms with E-state index in [4.69, 9.17) is 0 Å². The Morgan fingerprint density at radius 2 is 1.73 bits per heavy atom. The van der Waals surface area contributed by atoms with Gasteiger partial charge in [0.05, 0.1) is 16.2 Å². The van der Waals surface area contributed by atoms with E-state index in [9.17, 15) is 18.0 Å². The van der Waals surface area contributed by atoms with Crippen LogP contribution < -0.4 is 0 Å². The first-order valence-corrected chi connectivity index (χ1v) is 10.8. The summed E-state index contributed by atoms with van der Waals surface area (Å²) in [7, 11) is 0. The Morgan fingerprint density at radius 1 is 1.10 bits per heavy atom. The number of halogens is 3. The maximum atomic E-state index is 12.9. The van der Waals surface area contributed by atoms with Crippen LogP contribution in [0.4, 0.5) is 13.2 Å². The number of thiol groups is 1. The molecule has 0 atom stereocenters. The van der Waals surface area contributed by atoms with Crippen LogP contribution in [0.3, 0.4) is 0 Å². The first-order valence-electron chi connectivity index (χ1n) is 10.3. The Hall–Kier alpha value is -1.80. The van der Waals surface area contributed by atoms with Crippen molar-refractivity contribution in [3.8, 4) is 0 Å². The number of allylic oxidation sites excluding steroid dienone is 1. The van der Waals surface area contributed by atoms with Gasteiger partial charge in [-0.25, -0.2) is 0 Å². The molecule has 0 bridgehead atoms. The molecule has 1 heterocycles. The average molecular weight is 440 g/mol. The lowest BCUT2D eigenvalue weighted by atomic mass is 10.1. The summed E-state index contributed by atoms with van der Waals surface area (Å²) in [5.41, 5.74) is 0.446. The molecule has 3 rings (SSSR count). The maximum Gasteiger partial charge on any atom is 0.416 e. The number of piperazine rings is 1. The monoisotopic (exact) mass is 439 g/mol. The average Bonchev–Trinajstić information content (AvgIpc) is 3.27. The third-order valence-corrected chi connectivity index (χ3v) is 6.45. The van der Waals surface area contributed by atoms with Gasteiger partial charge in [0.1, 0.15) is 0 Å². The molecule has 164 valence electrons. The molecule has 2 fully saturated rings. The SMILES string of the molecule is CC(=N/C(C)=C(\S)C(=O)N1CCN(C2CCCC2)CC1)c1cccc(C(F)(F)F)c1. The van der Waals surface area contributed by atoms with Crippen molar-refractivity contribution in [1.82, 2.24) is 9.80 Å². The van der Waals surface area contributed by atoms with Crippen molar-refractivity contribution < 1.29 is 18.0 Å². The molecule has 0 unspecified atom stereocenters. The van der Waals surface area contributed by atoms with Gasteiger partial charge in [-0.1, -0.05) is 25.0 Å². The Balaban J connectivity index is 1.67.